The van der Waals surface area contributed by atoms with Crippen molar-refractivity contribution in [3.8, 4) is 0 Å². The van der Waals surface area contributed by atoms with Crippen LogP contribution in [0, 0.1) is 6.92 Å². The highest BCUT2D eigenvalue weighted by Crippen LogP contribution is 2.17. The smallest absolute Gasteiger partial charge is 0.220 e. The van der Waals surface area contributed by atoms with Crippen LogP contribution in [0.5, 0.6) is 0 Å². The number of aryl methyl sites for hydroxylation is 1. The molecule has 0 spiro atoms. The maximum Gasteiger partial charge on any atom is 0.220 e. The minimum absolute atomic E-state index is 0.0209. The Morgan fingerprint density at radius 3 is 2.92 bits per heavy atom. The first-order chi connectivity index (χ1) is 12.1. The van der Waals surface area contributed by atoms with Gasteiger partial charge in [-0.05, 0) is 58.3 Å². The van der Waals surface area contributed by atoms with Gasteiger partial charge in [0.1, 0.15) is 0 Å². The number of fused-ring (bicyclic) bond motifs is 1. The Balaban J connectivity index is 1.55. The molecule has 3 rings (SSSR count). The summed E-state index contributed by atoms with van der Waals surface area (Å²) in [6.07, 6.45) is 4.29. The lowest BCUT2D eigenvalue weighted by Crippen LogP contribution is -2.32. The minimum atomic E-state index is 0.0209. The Hall–Kier alpha value is -2.14. The number of nitrogens with one attached hydrogen (secondary N) is 2. The maximum absolute atomic E-state index is 12.6. The first-order valence-corrected chi connectivity index (χ1v) is 9.13. The highest BCUT2D eigenvalue weighted by molar-refractivity contribution is 5.80. The molecule has 5 heteroatoms. The number of likely N-dealkylation sites (tertiary alicyclic amines) is 1. The van der Waals surface area contributed by atoms with Gasteiger partial charge < -0.3 is 15.2 Å². The van der Waals surface area contributed by atoms with Crippen LogP contribution in [0.15, 0.2) is 29.1 Å². The summed E-state index contributed by atoms with van der Waals surface area (Å²) in [5.41, 5.74) is 2.44. The molecule has 25 heavy (non-hydrogen) atoms. The van der Waals surface area contributed by atoms with Crippen LogP contribution in [0.4, 0.5) is 0 Å². The number of hydrogen-bond acceptors (Lipinski definition) is 3. The molecule has 1 saturated heterocycles. The van der Waals surface area contributed by atoms with Gasteiger partial charge in [-0.1, -0.05) is 12.1 Å². The van der Waals surface area contributed by atoms with Crippen molar-refractivity contribution < 1.29 is 4.79 Å². The summed E-state index contributed by atoms with van der Waals surface area (Å²) in [6.45, 7) is 3.76. The average Bonchev–Trinajstić information content (AvgIpc) is 3.00. The predicted molar refractivity (Wildman–Crippen MR) is 101 cm³/mol. The lowest BCUT2D eigenvalue weighted by atomic mass is 10.0. The second kappa shape index (κ2) is 7.83. The van der Waals surface area contributed by atoms with Crippen molar-refractivity contribution in [1.29, 1.82) is 0 Å². The van der Waals surface area contributed by atoms with E-state index in [1.807, 2.05) is 31.2 Å². The third kappa shape index (κ3) is 4.10. The number of carbonyl (C=O) groups excluding carboxylic acids is 1. The lowest BCUT2D eigenvalue weighted by Gasteiger charge is -2.19. The average molecular weight is 341 g/mol. The number of amides is 1. The number of H-pyrrole nitrogens is 1. The number of hydrogen-bond donors (Lipinski definition) is 2. The largest absolute Gasteiger partial charge is 0.358 e. The molecule has 1 fully saturated rings. The summed E-state index contributed by atoms with van der Waals surface area (Å²) in [5, 5.41) is 3.69. The number of carbonyl (C=O) groups is 1. The Labute approximate surface area is 148 Å². The van der Waals surface area contributed by atoms with Gasteiger partial charge in [-0.25, -0.2) is 0 Å². The standard InChI is InChI=1S/C20H27N3O2/c1-14-16(20(25)17-7-3-4-8-18(17)22-14)9-10-19(24)21-12-11-15-6-5-13-23(15)2/h3-4,7-8,15H,5-6,9-13H2,1-2H3,(H,21,24)(H,22,25)/t15-/m1/s1. The predicted octanol–water partition coefficient (Wildman–Crippen LogP) is 2.37. The fourth-order valence-electron chi connectivity index (χ4n) is 3.75. The van der Waals surface area contributed by atoms with E-state index in [9.17, 15) is 9.59 Å². The van der Waals surface area contributed by atoms with E-state index in [2.05, 4.69) is 22.2 Å². The Bertz CT molecular complexity index is 812. The van der Waals surface area contributed by atoms with Crippen LogP contribution in [0.3, 0.4) is 0 Å². The summed E-state index contributed by atoms with van der Waals surface area (Å²) in [7, 11) is 2.15. The van der Waals surface area contributed by atoms with Crippen LogP contribution in [0.2, 0.25) is 0 Å². The van der Waals surface area contributed by atoms with Gasteiger partial charge in [-0.3, -0.25) is 9.59 Å². The number of nitrogens with zero attached hydrogens (tertiary/aromatic N) is 1. The number of pyridine rings is 1. The number of aromatic nitrogens is 1. The molecule has 0 saturated carbocycles. The number of para-hydroxylation sites is 1. The Kier molecular flexibility index (Phi) is 5.53. The van der Waals surface area contributed by atoms with E-state index in [0.29, 0.717) is 36.4 Å². The van der Waals surface area contributed by atoms with Crippen molar-refractivity contribution in [2.24, 2.45) is 0 Å². The molecule has 2 aromatic rings. The zero-order valence-corrected chi connectivity index (χ0v) is 15.1. The summed E-state index contributed by atoms with van der Waals surface area (Å²) >= 11 is 0. The minimum Gasteiger partial charge on any atom is -0.358 e. The van der Waals surface area contributed by atoms with E-state index < -0.39 is 0 Å². The highest BCUT2D eigenvalue weighted by atomic mass is 16.1. The molecule has 0 aliphatic carbocycles. The molecule has 2 heterocycles. The van der Waals surface area contributed by atoms with Gasteiger partial charge >= 0.3 is 0 Å². The monoisotopic (exact) mass is 341 g/mol. The van der Waals surface area contributed by atoms with Gasteiger partial charge in [0.05, 0.1) is 0 Å². The third-order valence-electron chi connectivity index (χ3n) is 5.29. The van der Waals surface area contributed by atoms with Crippen molar-refractivity contribution >= 4 is 16.8 Å². The van der Waals surface area contributed by atoms with Gasteiger partial charge in [0.25, 0.3) is 0 Å². The molecule has 134 valence electrons. The fraction of sp³-hybridized carbons (Fsp3) is 0.500. The number of benzene rings is 1. The van der Waals surface area contributed by atoms with Crippen molar-refractivity contribution in [3.63, 3.8) is 0 Å². The van der Waals surface area contributed by atoms with Crippen molar-refractivity contribution in [3.05, 3.63) is 45.7 Å². The van der Waals surface area contributed by atoms with Gasteiger partial charge in [0.15, 0.2) is 5.43 Å². The molecule has 1 aliphatic heterocycles. The second-order valence-corrected chi connectivity index (χ2v) is 7.02. The summed E-state index contributed by atoms with van der Waals surface area (Å²) in [5.74, 6) is 0.0209. The van der Waals surface area contributed by atoms with E-state index in [-0.39, 0.29) is 11.3 Å². The molecule has 0 radical (unpaired) electrons. The van der Waals surface area contributed by atoms with Crippen LogP contribution in [0.25, 0.3) is 10.9 Å². The van der Waals surface area contributed by atoms with Crippen molar-refractivity contribution in [2.75, 3.05) is 20.1 Å². The van der Waals surface area contributed by atoms with Crippen LogP contribution in [0.1, 0.15) is 36.9 Å². The first kappa shape index (κ1) is 17.7. The molecule has 0 bridgehead atoms. The topological polar surface area (TPSA) is 65.2 Å². The molecule has 5 nitrogen and oxygen atoms in total. The molecule has 1 aromatic heterocycles. The molecule has 2 N–H and O–H groups in total. The van der Waals surface area contributed by atoms with E-state index in [1.54, 1.807) is 0 Å². The third-order valence-corrected chi connectivity index (χ3v) is 5.29. The number of aromatic amines is 1. The van der Waals surface area contributed by atoms with Crippen LogP contribution < -0.4 is 10.7 Å². The van der Waals surface area contributed by atoms with Gasteiger partial charge in [-0.2, -0.15) is 0 Å². The number of rotatable bonds is 6. The molecule has 0 unspecified atom stereocenters. The van der Waals surface area contributed by atoms with Crippen LogP contribution in [-0.4, -0.2) is 42.0 Å². The molecule has 1 atom stereocenters. The van der Waals surface area contributed by atoms with Gasteiger partial charge in [0, 0.05) is 41.2 Å². The summed E-state index contributed by atoms with van der Waals surface area (Å²) in [4.78, 5) is 30.4. The van der Waals surface area contributed by atoms with E-state index in [0.717, 1.165) is 24.2 Å². The van der Waals surface area contributed by atoms with Gasteiger partial charge in [-0.15, -0.1) is 0 Å². The fourth-order valence-corrected chi connectivity index (χ4v) is 3.75. The van der Waals surface area contributed by atoms with E-state index in [1.165, 1.54) is 12.8 Å². The molecule has 1 amide bonds. The van der Waals surface area contributed by atoms with Crippen molar-refractivity contribution in [1.82, 2.24) is 15.2 Å². The zero-order chi connectivity index (χ0) is 17.8. The quantitative estimate of drug-likeness (QED) is 0.848. The van der Waals surface area contributed by atoms with Gasteiger partial charge in [0.2, 0.25) is 5.91 Å². The van der Waals surface area contributed by atoms with Crippen LogP contribution in [-0.2, 0) is 11.2 Å². The first-order valence-electron chi connectivity index (χ1n) is 9.13. The molecule has 1 aromatic carbocycles. The van der Waals surface area contributed by atoms with Crippen LogP contribution >= 0.6 is 0 Å². The van der Waals surface area contributed by atoms with Crippen molar-refractivity contribution in [2.45, 2.75) is 45.1 Å². The Morgan fingerprint density at radius 1 is 1.36 bits per heavy atom. The maximum atomic E-state index is 12.6. The Morgan fingerprint density at radius 2 is 2.16 bits per heavy atom. The van der Waals surface area contributed by atoms with E-state index in [4.69, 9.17) is 0 Å². The molecular formula is C20H27N3O2. The highest BCUT2D eigenvalue weighted by Gasteiger charge is 2.20. The second-order valence-electron chi connectivity index (χ2n) is 7.02. The molecular weight excluding hydrogens is 314 g/mol. The summed E-state index contributed by atoms with van der Waals surface area (Å²) in [6, 6.07) is 8.09. The molecule has 1 aliphatic rings. The lowest BCUT2D eigenvalue weighted by molar-refractivity contribution is -0.121. The SMILES string of the molecule is Cc1[nH]c2ccccc2c(=O)c1CCC(=O)NCC[C@H]1CCCN1C. The summed E-state index contributed by atoms with van der Waals surface area (Å²) < 4.78 is 0. The zero-order valence-electron chi connectivity index (χ0n) is 15.1. The van der Waals surface area contributed by atoms with E-state index >= 15 is 0 Å². The normalized spacial score (nSPS) is 17.9.